The third-order valence-corrected chi connectivity index (χ3v) is 4.62. The van der Waals surface area contributed by atoms with Gasteiger partial charge in [0, 0.05) is 11.6 Å². The van der Waals surface area contributed by atoms with Crippen molar-refractivity contribution < 1.29 is 14.4 Å². The van der Waals surface area contributed by atoms with Crippen LogP contribution < -0.4 is 16.0 Å². The van der Waals surface area contributed by atoms with E-state index in [1.807, 2.05) is 18.2 Å². The van der Waals surface area contributed by atoms with Crippen LogP contribution in [0, 0.1) is 0 Å². The van der Waals surface area contributed by atoms with E-state index < -0.39 is 25.0 Å². The van der Waals surface area contributed by atoms with Gasteiger partial charge in [0.2, 0.25) is 0 Å². The minimum atomic E-state index is -4.42. The van der Waals surface area contributed by atoms with Crippen LogP contribution in [0.25, 0.3) is 11.0 Å². The van der Waals surface area contributed by atoms with Crippen LogP contribution in [0.4, 0.5) is 5.69 Å². The summed E-state index contributed by atoms with van der Waals surface area (Å²) in [6.07, 6.45) is -0.585. The number of benzene rings is 2. The number of hydrogen-bond acceptors (Lipinski definition) is 4. The van der Waals surface area contributed by atoms with Gasteiger partial charge in [-0.05, 0) is 17.7 Å². The molecular weight excluding hydrogens is 381 g/mol. The Hall–Kier alpha value is -2.38. The van der Waals surface area contributed by atoms with Crippen molar-refractivity contribution in [3.8, 4) is 0 Å². The SMILES string of the molecule is O=c1[nH]c2cc(Cl)cc(N(Cc3ccccc3)CP(=O)(O)O)c2[nH]c1=O. The first-order valence-corrected chi connectivity index (χ1v) is 9.70. The van der Waals surface area contributed by atoms with Crippen molar-refractivity contribution >= 4 is 35.9 Å². The number of fused-ring (bicyclic) bond motifs is 1. The second-order valence-electron chi connectivity index (χ2n) is 5.75. The van der Waals surface area contributed by atoms with Gasteiger partial charge in [0.15, 0.2) is 0 Å². The number of anilines is 1. The molecule has 3 aromatic rings. The lowest BCUT2D eigenvalue weighted by Gasteiger charge is -2.26. The number of aromatic nitrogens is 2. The minimum absolute atomic E-state index is 0.169. The molecule has 0 aliphatic rings. The van der Waals surface area contributed by atoms with Crippen molar-refractivity contribution in [1.82, 2.24) is 9.97 Å². The van der Waals surface area contributed by atoms with Gasteiger partial charge in [-0.1, -0.05) is 41.9 Å². The van der Waals surface area contributed by atoms with Gasteiger partial charge in [-0.2, -0.15) is 0 Å². The summed E-state index contributed by atoms with van der Waals surface area (Å²) in [5, 5.41) is 0.249. The number of halogens is 1. The number of nitrogens with zero attached hydrogens (tertiary/aromatic N) is 1. The maximum atomic E-state index is 11.7. The van der Waals surface area contributed by atoms with Gasteiger partial charge < -0.3 is 24.7 Å². The minimum Gasteiger partial charge on any atom is -0.354 e. The van der Waals surface area contributed by atoms with Gasteiger partial charge in [-0.15, -0.1) is 0 Å². The van der Waals surface area contributed by atoms with Crippen LogP contribution in [-0.4, -0.2) is 26.0 Å². The molecule has 3 rings (SSSR count). The topological polar surface area (TPSA) is 126 Å². The number of rotatable bonds is 5. The molecular formula is C16H15ClN3O5P. The quantitative estimate of drug-likeness (QED) is 0.386. The molecule has 26 heavy (non-hydrogen) atoms. The standard InChI is InChI=1S/C16H15ClN3O5P/c17-11-6-12-14(19-16(22)15(21)18-12)13(7-11)20(9-26(23,24)25)8-10-4-2-1-3-5-10/h1-7H,8-9H2,(H,18,21)(H,19,22)(H2,23,24,25). The first kappa shape index (κ1) is 18.4. The van der Waals surface area contributed by atoms with Gasteiger partial charge in [0.25, 0.3) is 0 Å². The lowest BCUT2D eigenvalue weighted by molar-refractivity contribution is 0.372. The predicted molar refractivity (Wildman–Crippen MR) is 99.7 cm³/mol. The van der Waals surface area contributed by atoms with Crippen LogP contribution in [0.3, 0.4) is 0 Å². The largest absolute Gasteiger partial charge is 0.354 e. The molecule has 10 heteroatoms. The van der Waals surface area contributed by atoms with Crippen LogP contribution in [-0.2, 0) is 11.1 Å². The molecule has 0 bridgehead atoms. The molecule has 0 unspecified atom stereocenters. The van der Waals surface area contributed by atoms with Crippen LogP contribution in [0.2, 0.25) is 5.02 Å². The van der Waals surface area contributed by atoms with E-state index in [0.29, 0.717) is 5.69 Å². The zero-order valence-corrected chi connectivity index (χ0v) is 15.0. The molecule has 8 nitrogen and oxygen atoms in total. The first-order valence-electron chi connectivity index (χ1n) is 7.52. The Morgan fingerprint density at radius 2 is 1.69 bits per heavy atom. The van der Waals surface area contributed by atoms with Gasteiger partial charge in [0.05, 0.1) is 16.7 Å². The summed E-state index contributed by atoms with van der Waals surface area (Å²) < 4.78 is 11.6. The van der Waals surface area contributed by atoms with E-state index >= 15 is 0 Å². The van der Waals surface area contributed by atoms with Gasteiger partial charge in [0.1, 0.15) is 6.29 Å². The normalized spacial score (nSPS) is 11.7. The molecule has 0 saturated heterocycles. The summed E-state index contributed by atoms with van der Waals surface area (Å²) in [6.45, 7) is 0.169. The highest BCUT2D eigenvalue weighted by molar-refractivity contribution is 7.51. The van der Waals surface area contributed by atoms with E-state index in [9.17, 15) is 23.9 Å². The highest BCUT2D eigenvalue weighted by Crippen LogP contribution is 2.39. The monoisotopic (exact) mass is 395 g/mol. The number of hydrogen-bond donors (Lipinski definition) is 4. The Morgan fingerprint density at radius 3 is 2.35 bits per heavy atom. The predicted octanol–water partition coefficient (Wildman–Crippen LogP) is 2.01. The summed E-state index contributed by atoms with van der Waals surface area (Å²) in [6, 6.07) is 12.0. The first-order chi connectivity index (χ1) is 12.2. The van der Waals surface area contributed by atoms with E-state index in [1.165, 1.54) is 17.0 Å². The van der Waals surface area contributed by atoms with Crippen LogP contribution in [0.1, 0.15) is 5.56 Å². The highest BCUT2D eigenvalue weighted by atomic mass is 35.5. The van der Waals surface area contributed by atoms with Crippen molar-refractivity contribution in [3.63, 3.8) is 0 Å². The molecule has 0 fully saturated rings. The van der Waals surface area contributed by atoms with Crippen molar-refractivity contribution in [2.24, 2.45) is 0 Å². The Morgan fingerprint density at radius 1 is 1.04 bits per heavy atom. The van der Waals surface area contributed by atoms with Crippen molar-refractivity contribution in [2.75, 3.05) is 11.2 Å². The molecule has 136 valence electrons. The fourth-order valence-electron chi connectivity index (χ4n) is 2.66. The van der Waals surface area contributed by atoms with E-state index in [4.69, 9.17) is 11.6 Å². The number of nitrogens with one attached hydrogen (secondary N) is 2. The second-order valence-corrected chi connectivity index (χ2v) is 7.79. The third-order valence-electron chi connectivity index (χ3n) is 3.69. The van der Waals surface area contributed by atoms with Crippen molar-refractivity contribution in [3.05, 3.63) is 73.8 Å². The molecule has 0 atom stereocenters. The van der Waals surface area contributed by atoms with Gasteiger partial charge in [-0.25, -0.2) is 0 Å². The molecule has 1 aromatic heterocycles. The van der Waals surface area contributed by atoms with Gasteiger partial charge in [-0.3, -0.25) is 14.2 Å². The van der Waals surface area contributed by atoms with Crippen LogP contribution in [0.15, 0.2) is 52.1 Å². The van der Waals surface area contributed by atoms with E-state index in [2.05, 4.69) is 9.97 Å². The molecule has 0 aliphatic carbocycles. The molecule has 4 N–H and O–H groups in total. The van der Waals surface area contributed by atoms with E-state index in [0.717, 1.165) is 5.56 Å². The second kappa shape index (κ2) is 7.09. The smallest absolute Gasteiger partial charge is 0.344 e. The van der Waals surface area contributed by atoms with E-state index in [1.54, 1.807) is 12.1 Å². The average molecular weight is 396 g/mol. The third kappa shape index (κ3) is 4.23. The molecule has 0 amide bonds. The zero-order valence-electron chi connectivity index (χ0n) is 13.3. The summed E-state index contributed by atoms with van der Waals surface area (Å²) in [5.74, 6) is 0. The fraction of sp³-hybridized carbons (Fsp3) is 0.125. The summed E-state index contributed by atoms with van der Waals surface area (Å²) in [4.78, 5) is 48.5. The Bertz CT molecular complexity index is 1110. The maximum absolute atomic E-state index is 11.7. The summed E-state index contributed by atoms with van der Waals surface area (Å²) >= 11 is 6.10. The molecule has 0 saturated carbocycles. The molecule has 2 aromatic carbocycles. The Labute approximate surface area is 152 Å². The number of H-pyrrole nitrogens is 2. The fourth-order valence-corrected chi connectivity index (χ4v) is 3.57. The Balaban J connectivity index is 2.19. The lowest BCUT2D eigenvalue weighted by Crippen LogP contribution is -2.30. The summed E-state index contributed by atoms with van der Waals surface area (Å²) in [5.41, 5.74) is -0.0923. The van der Waals surface area contributed by atoms with Crippen LogP contribution >= 0.6 is 19.2 Å². The number of aromatic amines is 2. The highest BCUT2D eigenvalue weighted by Gasteiger charge is 2.22. The zero-order chi connectivity index (χ0) is 18.9. The summed E-state index contributed by atoms with van der Waals surface area (Å²) in [7, 11) is -4.42. The van der Waals surface area contributed by atoms with Crippen LogP contribution in [0.5, 0.6) is 0 Å². The lowest BCUT2D eigenvalue weighted by atomic mass is 10.2. The maximum Gasteiger partial charge on any atom is 0.344 e. The molecule has 1 heterocycles. The Kier molecular flexibility index (Phi) is 5.02. The van der Waals surface area contributed by atoms with E-state index in [-0.39, 0.29) is 22.6 Å². The molecule has 0 radical (unpaired) electrons. The van der Waals surface area contributed by atoms with Crippen molar-refractivity contribution in [1.29, 1.82) is 0 Å². The van der Waals surface area contributed by atoms with Gasteiger partial charge >= 0.3 is 18.7 Å². The molecule has 0 spiro atoms. The average Bonchev–Trinajstić information content (AvgIpc) is 2.55. The van der Waals surface area contributed by atoms with Crippen molar-refractivity contribution in [2.45, 2.75) is 6.54 Å². The molecule has 0 aliphatic heterocycles.